The van der Waals surface area contributed by atoms with Crippen molar-refractivity contribution in [3.63, 3.8) is 0 Å². The van der Waals surface area contributed by atoms with Crippen molar-refractivity contribution in [1.29, 1.82) is 0 Å². The first-order valence-corrected chi connectivity index (χ1v) is 4.91. The number of allylic oxidation sites excluding steroid dienone is 2. The Labute approximate surface area is 74.5 Å². The summed E-state index contributed by atoms with van der Waals surface area (Å²) in [6.45, 7) is 3.47. The van der Waals surface area contributed by atoms with Gasteiger partial charge in [-0.25, -0.2) is 0 Å². The summed E-state index contributed by atoms with van der Waals surface area (Å²) in [6, 6.07) is 0. The summed E-state index contributed by atoms with van der Waals surface area (Å²) in [7, 11) is 0. The van der Waals surface area contributed by atoms with Gasteiger partial charge in [-0.3, -0.25) is 0 Å². The Hall–Kier alpha value is -0.720. The lowest BCUT2D eigenvalue weighted by Crippen LogP contribution is -2.24. The molecule has 0 atom stereocenters. The normalized spacial score (nSPS) is 26.6. The molecule has 2 rings (SSSR count). The second kappa shape index (κ2) is 2.96. The minimum atomic E-state index is 0.512. The predicted octanol–water partition coefficient (Wildman–Crippen LogP) is 2.61. The van der Waals surface area contributed by atoms with Gasteiger partial charge >= 0.3 is 0 Å². The van der Waals surface area contributed by atoms with Gasteiger partial charge in [0.05, 0.1) is 0 Å². The van der Waals surface area contributed by atoms with Crippen molar-refractivity contribution in [2.24, 2.45) is 5.41 Å². The molecule has 12 heavy (non-hydrogen) atoms. The summed E-state index contributed by atoms with van der Waals surface area (Å²) in [6.07, 6.45) is 12.0. The van der Waals surface area contributed by atoms with Crippen molar-refractivity contribution in [2.45, 2.75) is 32.6 Å². The molecule has 0 aromatic heterocycles. The highest BCUT2D eigenvalue weighted by atomic mass is 14.8. The van der Waals surface area contributed by atoms with E-state index >= 15 is 0 Å². The Bertz CT molecular complexity index is 219. The van der Waals surface area contributed by atoms with Crippen LogP contribution in [0.3, 0.4) is 0 Å². The van der Waals surface area contributed by atoms with Gasteiger partial charge in [0.25, 0.3) is 0 Å². The third kappa shape index (κ3) is 1.28. The van der Waals surface area contributed by atoms with E-state index in [2.05, 4.69) is 24.4 Å². The molecule has 0 spiro atoms. The number of hydrogen-bond acceptors (Lipinski definition) is 1. The van der Waals surface area contributed by atoms with Gasteiger partial charge in [-0.05, 0) is 36.1 Å². The molecule has 0 amide bonds. The van der Waals surface area contributed by atoms with E-state index in [-0.39, 0.29) is 0 Å². The molecule has 0 saturated heterocycles. The lowest BCUT2D eigenvalue weighted by atomic mass is 9.79. The molecule has 1 heteroatoms. The largest absolute Gasteiger partial charge is 0.387 e. The maximum absolute atomic E-state index is 3.29. The zero-order chi connectivity index (χ0) is 8.44. The fraction of sp³-hybridized carbons (Fsp3) is 0.636. The van der Waals surface area contributed by atoms with Gasteiger partial charge in [-0.1, -0.05) is 25.8 Å². The number of hydrogen-bond donors (Lipinski definition) is 1. The minimum absolute atomic E-state index is 0.512. The molecule has 1 N–H and O–H groups in total. The van der Waals surface area contributed by atoms with Gasteiger partial charge in [0.2, 0.25) is 0 Å². The van der Waals surface area contributed by atoms with Gasteiger partial charge < -0.3 is 5.32 Å². The molecule has 1 saturated carbocycles. The van der Waals surface area contributed by atoms with Crippen LogP contribution >= 0.6 is 0 Å². The average molecular weight is 163 g/mol. The van der Waals surface area contributed by atoms with Gasteiger partial charge in [0.15, 0.2) is 0 Å². The lowest BCUT2D eigenvalue weighted by Gasteiger charge is -2.28. The maximum atomic E-state index is 3.29. The third-order valence-electron chi connectivity index (χ3n) is 3.29. The number of rotatable bonds is 1. The van der Waals surface area contributed by atoms with Crippen molar-refractivity contribution in [1.82, 2.24) is 5.32 Å². The summed E-state index contributed by atoms with van der Waals surface area (Å²) in [5, 5.41) is 3.29. The monoisotopic (exact) mass is 163 g/mol. The molecular weight excluding hydrogens is 146 g/mol. The fourth-order valence-corrected chi connectivity index (χ4v) is 2.35. The standard InChI is InChI=1S/C11H17N/c1-11(6-2-3-7-11)10-5-4-8-12-9-10/h4-5,8,12H,2-3,6-7,9H2,1H3. The molecule has 1 nitrogen and oxygen atoms in total. The minimum Gasteiger partial charge on any atom is -0.387 e. The van der Waals surface area contributed by atoms with E-state index in [1.807, 2.05) is 6.20 Å². The van der Waals surface area contributed by atoms with Crippen LogP contribution in [0.2, 0.25) is 0 Å². The van der Waals surface area contributed by atoms with Crippen molar-refractivity contribution in [3.05, 3.63) is 23.9 Å². The summed E-state index contributed by atoms with van der Waals surface area (Å²) in [4.78, 5) is 0. The summed E-state index contributed by atoms with van der Waals surface area (Å²) in [5.41, 5.74) is 2.11. The molecule has 1 heterocycles. The Morgan fingerprint density at radius 2 is 2.08 bits per heavy atom. The van der Waals surface area contributed by atoms with E-state index in [0.29, 0.717) is 5.41 Å². The second-order valence-corrected chi connectivity index (χ2v) is 4.20. The van der Waals surface area contributed by atoms with Crippen LogP contribution in [0.25, 0.3) is 0 Å². The molecule has 1 aliphatic heterocycles. The molecule has 0 aromatic carbocycles. The molecule has 2 aliphatic rings. The van der Waals surface area contributed by atoms with Crippen LogP contribution < -0.4 is 5.32 Å². The summed E-state index contributed by atoms with van der Waals surface area (Å²) >= 11 is 0. The molecule has 66 valence electrons. The highest BCUT2D eigenvalue weighted by molar-refractivity contribution is 5.25. The zero-order valence-electron chi connectivity index (χ0n) is 7.77. The smallest absolute Gasteiger partial charge is 0.0363 e. The first kappa shape index (κ1) is 7.90. The van der Waals surface area contributed by atoms with Crippen LogP contribution in [0.4, 0.5) is 0 Å². The van der Waals surface area contributed by atoms with Crippen LogP contribution in [0.5, 0.6) is 0 Å². The average Bonchev–Trinajstić information content (AvgIpc) is 2.55. The van der Waals surface area contributed by atoms with Crippen molar-refractivity contribution in [3.8, 4) is 0 Å². The Kier molecular flexibility index (Phi) is 1.95. The summed E-state index contributed by atoms with van der Waals surface area (Å²) < 4.78 is 0. The van der Waals surface area contributed by atoms with Gasteiger partial charge in [0, 0.05) is 6.54 Å². The lowest BCUT2D eigenvalue weighted by molar-refractivity contribution is 0.402. The Morgan fingerprint density at radius 1 is 1.33 bits per heavy atom. The molecule has 0 bridgehead atoms. The second-order valence-electron chi connectivity index (χ2n) is 4.20. The van der Waals surface area contributed by atoms with Crippen molar-refractivity contribution in [2.75, 3.05) is 6.54 Å². The summed E-state index contributed by atoms with van der Waals surface area (Å²) in [5.74, 6) is 0. The molecule has 1 fully saturated rings. The number of dihydropyridines is 1. The molecule has 0 unspecified atom stereocenters. The maximum Gasteiger partial charge on any atom is 0.0363 e. The zero-order valence-corrected chi connectivity index (χ0v) is 7.77. The van der Waals surface area contributed by atoms with Crippen LogP contribution in [-0.4, -0.2) is 6.54 Å². The van der Waals surface area contributed by atoms with Crippen molar-refractivity contribution < 1.29 is 0 Å². The van der Waals surface area contributed by atoms with E-state index in [1.54, 1.807) is 5.57 Å². The van der Waals surface area contributed by atoms with E-state index in [4.69, 9.17) is 0 Å². The first-order chi connectivity index (χ1) is 5.81. The topological polar surface area (TPSA) is 12.0 Å². The van der Waals surface area contributed by atoms with E-state index < -0.39 is 0 Å². The van der Waals surface area contributed by atoms with Crippen molar-refractivity contribution >= 4 is 0 Å². The highest BCUT2D eigenvalue weighted by Crippen LogP contribution is 2.43. The highest BCUT2D eigenvalue weighted by Gasteiger charge is 2.32. The van der Waals surface area contributed by atoms with Crippen LogP contribution in [0.1, 0.15) is 32.6 Å². The van der Waals surface area contributed by atoms with Gasteiger partial charge in [-0.2, -0.15) is 0 Å². The predicted molar refractivity (Wildman–Crippen MR) is 51.8 cm³/mol. The van der Waals surface area contributed by atoms with E-state index in [0.717, 1.165) is 6.54 Å². The number of nitrogens with one attached hydrogen (secondary N) is 1. The van der Waals surface area contributed by atoms with Gasteiger partial charge in [-0.15, -0.1) is 0 Å². The molecule has 0 aromatic rings. The van der Waals surface area contributed by atoms with Crippen LogP contribution in [-0.2, 0) is 0 Å². The molecular formula is C11H17N. The molecule has 1 aliphatic carbocycles. The van der Waals surface area contributed by atoms with Gasteiger partial charge in [0.1, 0.15) is 0 Å². The fourth-order valence-electron chi connectivity index (χ4n) is 2.35. The Balaban J connectivity index is 2.16. The van der Waals surface area contributed by atoms with Crippen LogP contribution in [0, 0.1) is 5.41 Å². The quantitative estimate of drug-likeness (QED) is 0.626. The van der Waals surface area contributed by atoms with E-state index in [1.165, 1.54) is 25.7 Å². The Morgan fingerprint density at radius 3 is 2.67 bits per heavy atom. The van der Waals surface area contributed by atoms with Crippen LogP contribution in [0.15, 0.2) is 23.9 Å². The SMILES string of the molecule is CC1(C2=CC=CNC2)CCCC1. The van der Waals surface area contributed by atoms with E-state index in [9.17, 15) is 0 Å². The first-order valence-electron chi connectivity index (χ1n) is 4.91. The third-order valence-corrected chi connectivity index (χ3v) is 3.29. The molecule has 0 radical (unpaired) electrons.